The molecular formula is C10H9NO2. The van der Waals surface area contributed by atoms with Gasteiger partial charge in [-0.15, -0.1) is 0 Å². The first-order chi connectivity index (χ1) is 6.24. The Morgan fingerprint density at radius 3 is 2.92 bits per heavy atom. The highest BCUT2D eigenvalue weighted by atomic mass is 16.2. The zero-order chi connectivity index (χ0) is 9.42. The summed E-state index contributed by atoms with van der Waals surface area (Å²) >= 11 is 0. The average Bonchev–Trinajstić information content (AvgIpc) is 2.43. The van der Waals surface area contributed by atoms with Crippen molar-refractivity contribution < 1.29 is 9.59 Å². The van der Waals surface area contributed by atoms with Gasteiger partial charge in [0.1, 0.15) is 0 Å². The number of hydrogen-bond donors (Lipinski definition) is 0. The Morgan fingerprint density at radius 1 is 1.46 bits per heavy atom. The Labute approximate surface area is 76.0 Å². The first-order valence-electron chi connectivity index (χ1n) is 4.06. The van der Waals surface area contributed by atoms with Crippen molar-refractivity contribution in [2.45, 2.75) is 6.54 Å². The van der Waals surface area contributed by atoms with Crippen molar-refractivity contribution in [2.24, 2.45) is 0 Å². The van der Waals surface area contributed by atoms with Crippen molar-refractivity contribution >= 4 is 12.2 Å². The summed E-state index contributed by atoms with van der Waals surface area (Å²) in [6, 6.07) is 5.35. The molecule has 1 amide bonds. The standard InChI is InChI=1S/C10H9NO2/c1-11-5-7-3-2-4-8(6-12)9(7)10(11)13/h2-4,6H,5H2,1H3. The molecular weight excluding hydrogens is 166 g/mol. The Balaban J connectivity index is 2.64. The van der Waals surface area contributed by atoms with E-state index in [-0.39, 0.29) is 5.91 Å². The van der Waals surface area contributed by atoms with Crippen molar-refractivity contribution in [1.82, 2.24) is 4.90 Å². The van der Waals surface area contributed by atoms with E-state index in [1.54, 1.807) is 24.1 Å². The van der Waals surface area contributed by atoms with Gasteiger partial charge in [-0.25, -0.2) is 0 Å². The maximum Gasteiger partial charge on any atom is 0.254 e. The van der Waals surface area contributed by atoms with Crippen LogP contribution in [0, 0.1) is 0 Å². The van der Waals surface area contributed by atoms with E-state index in [9.17, 15) is 9.59 Å². The normalized spacial score (nSPS) is 14.5. The number of nitrogens with zero attached hydrogens (tertiary/aromatic N) is 1. The number of carbonyl (C=O) groups is 2. The van der Waals surface area contributed by atoms with Crippen LogP contribution in [0.3, 0.4) is 0 Å². The lowest BCUT2D eigenvalue weighted by molar-refractivity contribution is 0.0814. The highest BCUT2D eigenvalue weighted by Gasteiger charge is 2.26. The number of aldehydes is 1. The molecule has 2 rings (SSSR count). The lowest BCUT2D eigenvalue weighted by Gasteiger charge is -2.04. The molecule has 0 saturated carbocycles. The van der Waals surface area contributed by atoms with E-state index in [1.807, 2.05) is 6.07 Å². The van der Waals surface area contributed by atoms with Crippen molar-refractivity contribution in [2.75, 3.05) is 7.05 Å². The summed E-state index contributed by atoms with van der Waals surface area (Å²) < 4.78 is 0. The lowest BCUT2D eigenvalue weighted by atomic mass is 10.0. The minimum Gasteiger partial charge on any atom is -0.337 e. The molecule has 0 aliphatic carbocycles. The van der Waals surface area contributed by atoms with Gasteiger partial charge in [-0.2, -0.15) is 0 Å². The van der Waals surface area contributed by atoms with Crippen molar-refractivity contribution in [3.05, 3.63) is 34.9 Å². The Morgan fingerprint density at radius 2 is 2.23 bits per heavy atom. The summed E-state index contributed by atoms with van der Waals surface area (Å²) in [6.45, 7) is 0.607. The van der Waals surface area contributed by atoms with Crippen LogP contribution in [-0.2, 0) is 6.54 Å². The van der Waals surface area contributed by atoms with E-state index in [4.69, 9.17) is 0 Å². The molecule has 1 aromatic rings. The number of fused-ring (bicyclic) bond motifs is 1. The van der Waals surface area contributed by atoms with Gasteiger partial charge in [-0.05, 0) is 5.56 Å². The molecule has 0 bridgehead atoms. The van der Waals surface area contributed by atoms with Gasteiger partial charge in [0.2, 0.25) is 0 Å². The van der Waals surface area contributed by atoms with E-state index in [1.165, 1.54) is 0 Å². The molecule has 1 aliphatic rings. The maximum atomic E-state index is 11.5. The number of amides is 1. The smallest absolute Gasteiger partial charge is 0.254 e. The maximum absolute atomic E-state index is 11.5. The van der Waals surface area contributed by atoms with Crippen LogP contribution in [0.2, 0.25) is 0 Å². The summed E-state index contributed by atoms with van der Waals surface area (Å²) in [5, 5.41) is 0. The van der Waals surface area contributed by atoms with Crippen molar-refractivity contribution in [1.29, 1.82) is 0 Å². The summed E-state index contributed by atoms with van der Waals surface area (Å²) in [5.41, 5.74) is 2.00. The molecule has 0 N–H and O–H groups in total. The molecule has 0 saturated heterocycles. The highest BCUT2D eigenvalue weighted by Crippen LogP contribution is 2.23. The van der Waals surface area contributed by atoms with Crippen LogP contribution in [0.15, 0.2) is 18.2 Å². The van der Waals surface area contributed by atoms with Crippen LogP contribution < -0.4 is 0 Å². The molecule has 13 heavy (non-hydrogen) atoms. The Hall–Kier alpha value is -1.64. The topological polar surface area (TPSA) is 37.4 Å². The Kier molecular flexibility index (Phi) is 1.65. The van der Waals surface area contributed by atoms with Gasteiger partial charge >= 0.3 is 0 Å². The molecule has 0 atom stereocenters. The van der Waals surface area contributed by atoms with Crippen LogP contribution in [0.4, 0.5) is 0 Å². The first-order valence-corrected chi connectivity index (χ1v) is 4.06. The van der Waals surface area contributed by atoms with Crippen LogP contribution in [-0.4, -0.2) is 24.1 Å². The van der Waals surface area contributed by atoms with Crippen LogP contribution in [0.25, 0.3) is 0 Å². The number of rotatable bonds is 1. The van der Waals surface area contributed by atoms with Crippen LogP contribution >= 0.6 is 0 Å². The third-order valence-corrected chi connectivity index (χ3v) is 2.28. The van der Waals surface area contributed by atoms with Gasteiger partial charge in [0.15, 0.2) is 6.29 Å². The quantitative estimate of drug-likeness (QED) is 0.599. The molecule has 1 aromatic carbocycles. The average molecular weight is 175 g/mol. The van der Waals surface area contributed by atoms with Gasteiger partial charge in [0, 0.05) is 19.2 Å². The third kappa shape index (κ3) is 1.04. The summed E-state index contributed by atoms with van der Waals surface area (Å²) in [5.74, 6) is -0.0577. The summed E-state index contributed by atoms with van der Waals surface area (Å²) in [7, 11) is 1.73. The fourth-order valence-corrected chi connectivity index (χ4v) is 1.63. The van der Waals surface area contributed by atoms with Gasteiger partial charge in [-0.3, -0.25) is 9.59 Å². The second-order valence-electron chi connectivity index (χ2n) is 3.16. The van der Waals surface area contributed by atoms with Gasteiger partial charge < -0.3 is 4.90 Å². The SMILES string of the molecule is CN1Cc2cccc(C=O)c2C1=O. The van der Waals surface area contributed by atoms with E-state index in [0.29, 0.717) is 17.7 Å². The van der Waals surface area contributed by atoms with Crippen LogP contribution in [0.5, 0.6) is 0 Å². The molecule has 66 valence electrons. The highest BCUT2D eigenvalue weighted by molar-refractivity contribution is 6.04. The molecule has 0 aromatic heterocycles. The van der Waals surface area contributed by atoms with E-state index >= 15 is 0 Å². The van der Waals surface area contributed by atoms with Gasteiger partial charge in [0.25, 0.3) is 5.91 Å². The van der Waals surface area contributed by atoms with E-state index < -0.39 is 0 Å². The predicted molar refractivity (Wildman–Crippen MR) is 47.6 cm³/mol. The molecule has 0 radical (unpaired) electrons. The van der Waals surface area contributed by atoms with Gasteiger partial charge in [0.05, 0.1) is 5.56 Å². The van der Waals surface area contributed by atoms with Crippen molar-refractivity contribution in [3.8, 4) is 0 Å². The van der Waals surface area contributed by atoms with E-state index in [0.717, 1.165) is 11.8 Å². The minimum atomic E-state index is -0.0577. The fraction of sp³-hybridized carbons (Fsp3) is 0.200. The van der Waals surface area contributed by atoms with E-state index in [2.05, 4.69) is 0 Å². The zero-order valence-corrected chi connectivity index (χ0v) is 7.28. The summed E-state index contributed by atoms with van der Waals surface area (Å²) in [4.78, 5) is 23.8. The largest absolute Gasteiger partial charge is 0.337 e. The predicted octanol–water partition coefficient (Wildman–Crippen LogP) is 1.08. The minimum absolute atomic E-state index is 0.0577. The zero-order valence-electron chi connectivity index (χ0n) is 7.28. The van der Waals surface area contributed by atoms with Crippen LogP contribution in [0.1, 0.15) is 26.3 Å². The lowest BCUT2D eigenvalue weighted by Crippen LogP contribution is -2.18. The van der Waals surface area contributed by atoms with Gasteiger partial charge in [-0.1, -0.05) is 18.2 Å². The molecule has 1 aliphatic heterocycles. The summed E-state index contributed by atoms with van der Waals surface area (Å²) in [6.07, 6.45) is 0.732. The molecule has 0 unspecified atom stereocenters. The Bertz CT molecular complexity index is 385. The second-order valence-corrected chi connectivity index (χ2v) is 3.16. The third-order valence-electron chi connectivity index (χ3n) is 2.28. The molecule has 1 heterocycles. The second kappa shape index (κ2) is 2.69. The number of carbonyl (C=O) groups excluding carboxylic acids is 2. The molecule has 0 spiro atoms. The molecule has 0 fully saturated rings. The van der Waals surface area contributed by atoms with Crippen molar-refractivity contribution in [3.63, 3.8) is 0 Å². The fourth-order valence-electron chi connectivity index (χ4n) is 1.63. The first kappa shape index (κ1) is 7.98. The molecule has 3 heteroatoms. The number of hydrogen-bond acceptors (Lipinski definition) is 2. The number of benzene rings is 1. The molecule has 3 nitrogen and oxygen atoms in total. The monoisotopic (exact) mass is 175 g/mol.